The summed E-state index contributed by atoms with van der Waals surface area (Å²) in [6, 6.07) is 9.84. The summed E-state index contributed by atoms with van der Waals surface area (Å²) in [7, 11) is 1.29. The third-order valence-corrected chi connectivity index (χ3v) is 4.28. The molecule has 0 spiro atoms. The van der Waals surface area contributed by atoms with Crippen molar-refractivity contribution >= 4 is 12.0 Å². The summed E-state index contributed by atoms with van der Waals surface area (Å²) in [4.78, 5) is 26.2. The number of likely N-dealkylation sites (tertiary alicyclic amines) is 1. The number of nitrogens with one attached hydrogen (secondary N) is 2. The van der Waals surface area contributed by atoms with Crippen molar-refractivity contribution in [2.45, 2.75) is 38.9 Å². The first-order valence-electron chi connectivity index (χ1n) is 8.40. The Labute approximate surface area is 143 Å². The molecule has 0 unspecified atom stereocenters. The highest BCUT2D eigenvalue weighted by molar-refractivity contribution is 5.86. The molecule has 24 heavy (non-hydrogen) atoms. The second-order valence-corrected chi connectivity index (χ2v) is 6.57. The van der Waals surface area contributed by atoms with Gasteiger partial charge in [-0.15, -0.1) is 0 Å². The van der Waals surface area contributed by atoms with Crippen LogP contribution in [0.2, 0.25) is 0 Å². The van der Waals surface area contributed by atoms with Gasteiger partial charge in [0.15, 0.2) is 0 Å². The molecule has 2 rings (SSSR count). The number of hydrogen-bond acceptors (Lipinski definition) is 4. The highest BCUT2D eigenvalue weighted by Crippen LogP contribution is 2.14. The van der Waals surface area contributed by atoms with Gasteiger partial charge in [0.2, 0.25) is 5.91 Å². The second-order valence-electron chi connectivity index (χ2n) is 6.57. The minimum Gasteiger partial charge on any atom is -0.453 e. The first kappa shape index (κ1) is 18.3. The number of hydrogen-bond donors (Lipinski definition) is 2. The molecule has 1 aliphatic heterocycles. The summed E-state index contributed by atoms with van der Waals surface area (Å²) in [5.41, 5.74) is 1.27. The Morgan fingerprint density at radius 1 is 1.29 bits per heavy atom. The van der Waals surface area contributed by atoms with Crippen molar-refractivity contribution in [1.82, 2.24) is 15.5 Å². The van der Waals surface area contributed by atoms with Gasteiger partial charge >= 0.3 is 6.09 Å². The molecule has 1 fully saturated rings. The van der Waals surface area contributed by atoms with E-state index in [-0.39, 0.29) is 17.9 Å². The zero-order valence-corrected chi connectivity index (χ0v) is 14.6. The molecule has 0 saturated carbocycles. The first-order chi connectivity index (χ1) is 11.5. The maximum absolute atomic E-state index is 12.5. The number of nitrogens with zero attached hydrogens (tertiary/aromatic N) is 1. The fourth-order valence-corrected chi connectivity index (χ4v) is 2.95. The molecule has 1 saturated heterocycles. The minimum absolute atomic E-state index is 0.00840. The average molecular weight is 333 g/mol. The predicted octanol–water partition coefficient (Wildman–Crippen LogP) is 1.76. The van der Waals surface area contributed by atoms with E-state index in [9.17, 15) is 9.59 Å². The van der Waals surface area contributed by atoms with Gasteiger partial charge in [-0.1, -0.05) is 44.2 Å². The van der Waals surface area contributed by atoms with Crippen LogP contribution in [0.15, 0.2) is 30.3 Å². The van der Waals surface area contributed by atoms with Crippen LogP contribution < -0.4 is 10.6 Å². The molecule has 0 radical (unpaired) electrons. The molecule has 0 aliphatic carbocycles. The van der Waals surface area contributed by atoms with Crippen LogP contribution in [0.5, 0.6) is 0 Å². The van der Waals surface area contributed by atoms with Gasteiger partial charge in [-0.2, -0.15) is 0 Å². The van der Waals surface area contributed by atoms with Crippen LogP contribution in [-0.2, 0) is 16.1 Å². The lowest BCUT2D eigenvalue weighted by atomic mass is 10.0. The second kappa shape index (κ2) is 8.68. The molecule has 2 N–H and O–H groups in total. The highest BCUT2D eigenvalue weighted by atomic mass is 16.5. The van der Waals surface area contributed by atoms with Crippen LogP contribution in [-0.4, -0.2) is 49.2 Å². The molecular weight excluding hydrogens is 306 g/mol. The van der Waals surface area contributed by atoms with Gasteiger partial charge in [0.1, 0.15) is 6.04 Å². The third kappa shape index (κ3) is 5.23. The van der Waals surface area contributed by atoms with E-state index in [4.69, 9.17) is 0 Å². The van der Waals surface area contributed by atoms with Crippen LogP contribution in [0.25, 0.3) is 0 Å². The molecule has 132 valence electrons. The molecule has 1 aromatic rings. The molecule has 1 aromatic carbocycles. The van der Waals surface area contributed by atoms with Crippen LogP contribution in [0, 0.1) is 5.92 Å². The summed E-state index contributed by atoms with van der Waals surface area (Å²) < 4.78 is 4.60. The Morgan fingerprint density at radius 2 is 2.00 bits per heavy atom. The van der Waals surface area contributed by atoms with Crippen molar-refractivity contribution in [3.63, 3.8) is 0 Å². The van der Waals surface area contributed by atoms with E-state index in [0.29, 0.717) is 0 Å². The van der Waals surface area contributed by atoms with Gasteiger partial charge in [0, 0.05) is 25.7 Å². The van der Waals surface area contributed by atoms with Crippen LogP contribution in [0.4, 0.5) is 4.79 Å². The normalized spacial score (nSPS) is 19.1. The van der Waals surface area contributed by atoms with E-state index < -0.39 is 12.1 Å². The number of methoxy groups -OCH3 is 1. The smallest absolute Gasteiger partial charge is 0.407 e. The lowest BCUT2D eigenvalue weighted by Gasteiger charge is -2.23. The van der Waals surface area contributed by atoms with Crippen molar-refractivity contribution in [2.75, 3.05) is 20.2 Å². The molecule has 1 heterocycles. The molecule has 2 amide bonds. The van der Waals surface area contributed by atoms with Crippen molar-refractivity contribution in [3.05, 3.63) is 35.9 Å². The van der Waals surface area contributed by atoms with Gasteiger partial charge in [0.25, 0.3) is 0 Å². The summed E-state index contributed by atoms with van der Waals surface area (Å²) >= 11 is 0. The van der Waals surface area contributed by atoms with Crippen molar-refractivity contribution in [3.8, 4) is 0 Å². The maximum atomic E-state index is 12.5. The lowest BCUT2D eigenvalue weighted by Crippen LogP contribution is -2.52. The largest absolute Gasteiger partial charge is 0.453 e. The van der Waals surface area contributed by atoms with Gasteiger partial charge in [-0.05, 0) is 17.9 Å². The minimum atomic E-state index is -0.583. The Kier molecular flexibility index (Phi) is 6.61. The summed E-state index contributed by atoms with van der Waals surface area (Å²) in [6.45, 7) is 6.47. The van der Waals surface area contributed by atoms with E-state index in [1.54, 1.807) is 0 Å². The molecule has 0 aromatic heterocycles. The first-order valence-corrected chi connectivity index (χ1v) is 8.40. The number of amides is 2. The fraction of sp³-hybridized carbons (Fsp3) is 0.556. The third-order valence-electron chi connectivity index (χ3n) is 4.28. The predicted molar refractivity (Wildman–Crippen MR) is 92.4 cm³/mol. The summed E-state index contributed by atoms with van der Waals surface area (Å²) in [5.74, 6) is -0.159. The van der Waals surface area contributed by atoms with Crippen LogP contribution in [0.1, 0.15) is 25.8 Å². The number of carbonyl (C=O) groups excluding carboxylic acids is 2. The number of benzene rings is 1. The van der Waals surface area contributed by atoms with Crippen LogP contribution in [0.3, 0.4) is 0 Å². The molecule has 2 atom stereocenters. The molecular formula is C18H27N3O3. The number of ether oxygens (including phenoxy) is 1. The number of rotatable bonds is 6. The summed E-state index contributed by atoms with van der Waals surface area (Å²) in [6.07, 6.45) is 0.336. The standard InChI is InChI=1S/C18H27N3O3/c1-13(2)16(20-18(23)24-3)17(22)19-15-9-10-21(12-15)11-14-7-5-4-6-8-14/h4-8,13,15-16H,9-12H2,1-3H3,(H,19,22)(H,20,23)/t15-,16+/m1/s1. The maximum Gasteiger partial charge on any atom is 0.407 e. The van der Waals surface area contributed by atoms with Gasteiger partial charge < -0.3 is 15.4 Å². The van der Waals surface area contributed by atoms with Gasteiger partial charge in [-0.25, -0.2) is 4.79 Å². The number of alkyl carbamates (subject to hydrolysis) is 1. The van der Waals surface area contributed by atoms with Crippen molar-refractivity contribution in [1.29, 1.82) is 0 Å². The Bertz CT molecular complexity index is 548. The summed E-state index contributed by atoms with van der Waals surface area (Å²) in [5, 5.41) is 5.66. The van der Waals surface area contributed by atoms with Crippen molar-refractivity contribution in [2.24, 2.45) is 5.92 Å². The van der Waals surface area contributed by atoms with E-state index >= 15 is 0 Å². The van der Waals surface area contributed by atoms with E-state index in [1.165, 1.54) is 12.7 Å². The van der Waals surface area contributed by atoms with E-state index in [2.05, 4.69) is 32.4 Å². The Hall–Kier alpha value is -2.08. The Balaban J connectivity index is 1.84. The zero-order valence-electron chi connectivity index (χ0n) is 14.6. The van der Waals surface area contributed by atoms with Gasteiger partial charge in [-0.3, -0.25) is 9.69 Å². The molecule has 6 heteroatoms. The quantitative estimate of drug-likeness (QED) is 0.832. The fourth-order valence-electron chi connectivity index (χ4n) is 2.95. The SMILES string of the molecule is COC(=O)N[C@H](C(=O)N[C@@H]1CCN(Cc2ccccc2)C1)C(C)C. The molecule has 6 nitrogen and oxygen atoms in total. The van der Waals surface area contributed by atoms with E-state index in [1.807, 2.05) is 32.0 Å². The lowest BCUT2D eigenvalue weighted by molar-refractivity contribution is -0.124. The van der Waals surface area contributed by atoms with Gasteiger partial charge in [0.05, 0.1) is 7.11 Å². The number of carbonyl (C=O) groups is 2. The molecule has 0 bridgehead atoms. The Morgan fingerprint density at radius 3 is 2.62 bits per heavy atom. The van der Waals surface area contributed by atoms with E-state index in [0.717, 1.165) is 26.1 Å². The average Bonchev–Trinajstić information content (AvgIpc) is 2.99. The molecule has 1 aliphatic rings. The highest BCUT2D eigenvalue weighted by Gasteiger charge is 2.29. The van der Waals surface area contributed by atoms with Crippen molar-refractivity contribution < 1.29 is 14.3 Å². The zero-order chi connectivity index (χ0) is 17.5. The van der Waals surface area contributed by atoms with Crippen LogP contribution >= 0.6 is 0 Å². The monoisotopic (exact) mass is 333 g/mol. The topological polar surface area (TPSA) is 70.7 Å².